The number of benzene rings is 3. The fourth-order valence-corrected chi connectivity index (χ4v) is 7.96. The summed E-state index contributed by atoms with van der Waals surface area (Å²) >= 11 is 4.03. The lowest BCUT2D eigenvalue weighted by Crippen LogP contribution is -2.14. The van der Waals surface area contributed by atoms with Crippen LogP contribution in [0, 0.1) is 17.8 Å². The molecular weight excluding hydrogens is 883 g/mol. The number of fused-ring (bicyclic) bond motifs is 3. The Morgan fingerprint density at radius 1 is 0.635 bits per heavy atom. The lowest BCUT2D eigenvalue weighted by Gasteiger charge is -2.05. The third kappa shape index (κ3) is 12.8. The van der Waals surface area contributed by atoms with Crippen molar-refractivity contribution in [2.45, 2.75) is 40.0 Å². The highest BCUT2D eigenvalue weighted by Crippen LogP contribution is 2.37. The van der Waals surface area contributed by atoms with Gasteiger partial charge >= 0.3 is 23.9 Å². The Labute approximate surface area is 372 Å². The highest BCUT2D eigenvalue weighted by Gasteiger charge is 2.29. The number of cyclic esters (lactones) is 2. The van der Waals surface area contributed by atoms with E-state index in [1.54, 1.807) is 56.7 Å². The molecule has 18 nitrogen and oxygen atoms in total. The lowest BCUT2D eigenvalue weighted by atomic mass is 10.1. The van der Waals surface area contributed by atoms with Gasteiger partial charge in [-0.2, -0.15) is 0 Å². The summed E-state index contributed by atoms with van der Waals surface area (Å²) < 4.78 is 38.0. The van der Waals surface area contributed by atoms with Gasteiger partial charge in [-0.15, -0.1) is 34.0 Å². The number of hydrogen-bond donors (Lipinski definition) is 2. The minimum Gasteiger partial charge on any atom is -0.493 e. The molecule has 3 atom stereocenters. The van der Waals surface area contributed by atoms with E-state index in [1.165, 1.54) is 65.0 Å². The van der Waals surface area contributed by atoms with Crippen LogP contribution in [0.3, 0.4) is 0 Å². The SMILES string of the molecule is CC1CC(=O)OC1=O.COc1cc2nc(C(=O)CC(C)C(=O)O)sc2cc1OC.COc1cc2nc(C(=O)CC(C)C(=O)O)sc2cc1OC.COc1cc2ncsc2cc1OC. The lowest BCUT2D eigenvalue weighted by molar-refractivity contribution is -0.153. The van der Waals surface area contributed by atoms with E-state index in [4.69, 9.17) is 38.6 Å². The number of rotatable bonds is 14. The van der Waals surface area contributed by atoms with Crippen molar-refractivity contribution in [1.82, 2.24) is 15.0 Å². The number of methoxy groups -OCH3 is 6. The van der Waals surface area contributed by atoms with Crippen molar-refractivity contribution in [1.29, 1.82) is 0 Å². The number of carbonyl (C=O) groups is 6. The molecule has 336 valence electrons. The van der Waals surface area contributed by atoms with Gasteiger partial charge in [0, 0.05) is 49.2 Å². The first kappa shape index (κ1) is 49.2. The van der Waals surface area contributed by atoms with Gasteiger partial charge in [0.15, 0.2) is 56.1 Å². The van der Waals surface area contributed by atoms with Crippen molar-refractivity contribution >= 4 is 100 Å². The molecule has 3 unspecified atom stereocenters. The molecule has 2 N–H and O–H groups in total. The Kier molecular flexibility index (Phi) is 17.6. The first-order chi connectivity index (χ1) is 30.0. The molecule has 0 saturated carbocycles. The average Bonchev–Trinajstić information content (AvgIpc) is 4.07. The van der Waals surface area contributed by atoms with E-state index < -0.39 is 35.7 Å². The zero-order valence-corrected chi connectivity index (χ0v) is 38.1. The first-order valence-corrected chi connectivity index (χ1v) is 21.2. The van der Waals surface area contributed by atoms with Gasteiger partial charge in [-0.3, -0.25) is 28.8 Å². The number of Topliss-reactive ketones (excluding diaryl/α,β-unsaturated/α-hetero) is 2. The van der Waals surface area contributed by atoms with E-state index in [0.717, 1.165) is 31.1 Å². The Morgan fingerprint density at radius 3 is 1.32 bits per heavy atom. The second-order valence-electron chi connectivity index (χ2n) is 13.5. The van der Waals surface area contributed by atoms with Crippen LogP contribution < -0.4 is 28.4 Å². The summed E-state index contributed by atoms with van der Waals surface area (Å²) in [5.41, 5.74) is 4.01. The highest BCUT2D eigenvalue weighted by atomic mass is 32.1. The maximum absolute atomic E-state index is 12.1. The molecule has 0 aliphatic carbocycles. The molecule has 0 bridgehead atoms. The molecule has 0 spiro atoms. The second-order valence-corrected chi connectivity index (χ2v) is 16.5. The highest BCUT2D eigenvalue weighted by molar-refractivity contribution is 7.20. The van der Waals surface area contributed by atoms with Gasteiger partial charge in [-0.25, -0.2) is 15.0 Å². The summed E-state index contributed by atoms with van der Waals surface area (Å²) in [5, 5.41) is 18.3. The molecule has 6 aromatic rings. The molecule has 1 aliphatic heterocycles. The molecule has 4 heterocycles. The molecule has 3 aromatic carbocycles. The quantitative estimate of drug-likeness (QED) is 0.0605. The van der Waals surface area contributed by atoms with Crippen LogP contribution in [0.2, 0.25) is 0 Å². The van der Waals surface area contributed by atoms with Crippen molar-refractivity contribution in [2.75, 3.05) is 42.7 Å². The number of carbonyl (C=O) groups excluding carboxylic acids is 4. The summed E-state index contributed by atoms with van der Waals surface area (Å²) in [7, 11) is 9.37. The molecule has 7 rings (SSSR count). The summed E-state index contributed by atoms with van der Waals surface area (Å²) in [6.07, 6.45) is 0.117. The molecule has 21 heteroatoms. The van der Waals surface area contributed by atoms with E-state index in [9.17, 15) is 28.8 Å². The molecule has 0 amide bonds. The van der Waals surface area contributed by atoms with E-state index in [2.05, 4.69) is 19.7 Å². The number of esters is 2. The molecule has 3 aromatic heterocycles. The Hall–Kier alpha value is -6.45. The number of aromatic nitrogens is 3. The average molecular weight is 928 g/mol. The normalized spacial score (nSPS) is 13.8. The van der Waals surface area contributed by atoms with Crippen LogP contribution in [0.5, 0.6) is 34.5 Å². The standard InChI is InChI=1S/2C14H15NO5S.C9H9NO2S.C5H6O3/c2*1-7(14(17)18)4-9(16)13-15-8-5-10(19-2)11(20-3)6-12(8)21-13;1-11-7-3-6-9(13-5-10-6)4-8(7)12-2;1-3-2-4(6)8-5(3)7/h2*5-7H,4H2,1-3H3,(H,17,18);3-5H,1-2H3;3H,2H2,1H3. The zero-order chi connectivity index (χ0) is 46.5. The molecular formula is C42H45N3O15S3. The fourth-order valence-electron chi connectivity index (χ4n) is 5.43. The van der Waals surface area contributed by atoms with Crippen LogP contribution in [-0.4, -0.2) is 103 Å². The molecule has 1 saturated heterocycles. The summed E-state index contributed by atoms with van der Waals surface area (Å²) in [5.74, 6) is -1.34. The largest absolute Gasteiger partial charge is 0.493 e. The summed E-state index contributed by atoms with van der Waals surface area (Å²) in [4.78, 5) is 79.0. The second kappa shape index (κ2) is 22.6. The maximum atomic E-state index is 12.1. The van der Waals surface area contributed by atoms with Gasteiger partial charge in [-0.05, 0) is 0 Å². The third-order valence-electron chi connectivity index (χ3n) is 9.02. The predicted octanol–water partition coefficient (Wildman–Crippen LogP) is 7.62. The fraction of sp³-hybridized carbons (Fsp3) is 0.357. The molecule has 1 fully saturated rings. The Balaban J connectivity index is 0.000000194. The van der Waals surface area contributed by atoms with Crippen LogP contribution in [-0.2, 0) is 23.9 Å². The number of nitrogens with zero attached hydrogens (tertiary/aromatic N) is 3. The van der Waals surface area contributed by atoms with Crippen molar-refractivity contribution in [3.63, 3.8) is 0 Å². The van der Waals surface area contributed by atoms with Gasteiger partial charge < -0.3 is 43.4 Å². The van der Waals surface area contributed by atoms with Crippen molar-refractivity contribution in [2.24, 2.45) is 17.8 Å². The van der Waals surface area contributed by atoms with Gasteiger partial charge in [0.2, 0.25) is 0 Å². The third-order valence-corrected chi connectivity index (χ3v) is 11.9. The zero-order valence-electron chi connectivity index (χ0n) is 35.7. The van der Waals surface area contributed by atoms with Gasteiger partial charge in [-0.1, -0.05) is 20.8 Å². The monoisotopic (exact) mass is 927 g/mol. The molecule has 1 aliphatic rings. The van der Waals surface area contributed by atoms with Crippen LogP contribution in [0.15, 0.2) is 41.9 Å². The summed E-state index contributed by atoms with van der Waals surface area (Å²) in [6, 6.07) is 10.7. The topological polar surface area (TPSA) is 246 Å². The van der Waals surface area contributed by atoms with E-state index in [0.29, 0.717) is 44.0 Å². The number of thiazole rings is 3. The summed E-state index contributed by atoms with van der Waals surface area (Å²) in [6.45, 7) is 4.67. The van der Waals surface area contributed by atoms with E-state index >= 15 is 0 Å². The van der Waals surface area contributed by atoms with Gasteiger partial charge in [0.25, 0.3) is 0 Å². The molecule has 0 radical (unpaired) electrons. The minimum atomic E-state index is -0.993. The van der Waals surface area contributed by atoms with Crippen molar-refractivity contribution in [3.05, 3.63) is 51.9 Å². The number of hydrogen-bond acceptors (Lipinski definition) is 19. The van der Waals surface area contributed by atoms with Gasteiger partial charge in [0.05, 0.1) is 103 Å². The van der Waals surface area contributed by atoms with Crippen molar-refractivity contribution < 1.29 is 72.1 Å². The number of aliphatic carboxylic acids is 2. The van der Waals surface area contributed by atoms with Crippen molar-refractivity contribution in [3.8, 4) is 34.5 Å². The van der Waals surface area contributed by atoms with E-state index in [1.807, 2.05) is 17.6 Å². The molecule has 63 heavy (non-hydrogen) atoms. The van der Waals surface area contributed by atoms with Crippen LogP contribution >= 0.6 is 34.0 Å². The van der Waals surface area contributed by atoms with Crippen LogP contribution in [0.4, 0.5) is 0 Å². The smallest absolute Gasteiger partial charge is 0.316 e. The minimum absolute atomic E-state index is 0.0660. The predicted molar refractivity (Wildman–Crippen MR) is 235 cm³/mol. The Bertz CT molecular complexity index is 2380. The number of carboxylic acids is 2. The van der Waals surface area contributed by atoms with Gasteiger partial charge in [0.1, 0.15) is 0 Å². The number of ether oxygens (including phenoxy) is 7. The number of ketones is 2. The van der Waals surface area contributed by atoms with Crippen LogP contribution in [0.25, 0.3) is 30.6 Å². The first-order valence-electron chi connectivity index (χ1n) is 18.7. The van der Waals surface area contributed by atoms with E-state index in [-0.39, 0.29) is 36.7 Å². The Morgan fingerprint density at radius 2 is 1.00 bits per heavy atom. The maximum Gasteiger partial charge on any atom is 0.316 e. The van der Waals surface area contributed by atoms with Crippen LogP contribution in [0.1, 0.15) is 59.6 Å². The number of carboxylic acid groups (broad SMARTS) is 2.